The molecule has 1 saturated heterocycles. The molecule has 0 bridgehead atoms. The molecule has 128 valence electrons. The van der Waals surface area contributed by atoms with E-state index < -0.39 is 9.84 Å². The number of ether oxygens (including phenoxy) is 1. The highest BCUT2D eigenvalue weighted by Crippen LogP contribution is 2.19. The first-order chi connectivity index (χ1) is 11.0. The summed E-state index contributed by atoms with van der Waals surface area (Å²) in [4.78, 5) is 14.5. The van der Waals surface area contributed by atoms with E-state index in [1.54, 1.807) is 17.0 Å². The van der Waals surface area contributed by atoms with Crippen LogP contribution in [0.25, 0.3) is 0 Å². The molecule has 23 heavy (non-hydrogen) atoms. The smallest absolute Gasteiger partial charge is 0.253 e. The summed E-state index contributed by atoms with van der Waals surface area (Å²) in [7, 11) is -1.90. The lowest BCUT2D eigenvalue weighted by molar-refractivity contribution is 0.0693. The van der Waals surface area contributed by atoms with Gasteiger partial charge in [0.25, 0.3) is 5.91 Å². The second-order valence-corrected chi connectivity index (χ2v) is 7.92. The summed E-state index contributed by atoms with van der Waals surface area (Å²) >= 11 is 0. The van der Waals surface area contributed by atoms with Gasteiger partial charge in [0, 0.05) is 25.8 Å². The maximum atomic E-state index is 12.5. The number of nitrogens with two attached hydrogens (primary N) is 1. The van der Waals surface area contributed by atoms with Crippen LogP contribution in [-0.4, -0.2) is 58.3 Å². The minimum absolute atomic E-state index is 0.0543. The van der Waals surface area contributed by atoms with Crippen LogP contribution in [0.1, 0.15) is 23.2 Å². The zero-order chi connectivity index (χ0) is 16.9. The summed E-state index contributed by atoms with van der Waals surface area (Å²) in [6, 6.07) is 6.14. The first kappa shape index (κ1) is 17.9. The number of amides is 1. The lowest BCUT2D eigenvalue weighted by Gasteiger charge is -2.31. The number of hydrogen-bond acceptors (Lipinski definition) is 5. The van der Waals surface area contributed by atoms with Gasteiger partial charge in [-0.25, -0.2) is 8.42 Å². The van der Waals surface area contributed by atoms with Gasteiger partial charge in [0.15, 0.2) is 9.84 Å². The van der Waals surface area contributed by atoms with E-state index in [2.05, 4.69) is 0 Å². The summed E-state index contributed by atoms with van der Waals surface area (Å²) in [5.41, 5.74) is 6.17. The Morgan fingerprint density at radius 3 is 2.39 bits per heavy atom. The first-order valence-corrected chi connectivity index (χ1v) is 9.44. The van der Waals surface area contributed by atoms with E-state index in [0.717, 1.165) is 12.8 Å². The molecule has 1 aliphatic heterocycles. The molecule has 1 amide bonds. The SMILES string of the molecule is COCCS(=O)(=O)c1ccc(C(=O)N2CCC(CN)CC2)cc1. The first-order valence-electron chi connectivity index (χ1n) is 7.79. The van der Waals surface area contributed by atoms with E-state index in [1.165, 1.54) is 19.2 Å². The van der Waals surface area contributed by atoms with E-state index in [0.29, 0.717) is 31.1 Å². The van der Waals surface area contributed by atoms with Gasteiger partial charge < -0.3 is 15.4 Å². The van der Waals surface area contributed by atoms with E-state index in [-0.39, 0.29) is 23.2 Å². The summed E-state index contributed by atoms with van der Waals surface area (Å²) < 4.78 is 28.9. The van der Waals surface area contributed by atoms with Crippen molar-refractivity contribution in [2.45, 2.75) is 17.7 Å². The molecule has 1 aromatic rings. The number of rotatable bonds is 6. The summed E-state index contributed by atoms with van der Waals surface area (Å²) in [6.07, 6.45) is 1.84. The molecule has 7 heteroatoms. The van der Waals surface area contributed by atoms with Gasteiger partial charge in [0.05, 0.1) is 17.3 Å². The Morgan fingerprint density at radius 1 is 1.26 bits per heavy atom. The van der Waals surface area contributed by atoms with Crippen molar-refractivity contribution >= 4 is 15.7 Å². The highest BCUT2D eigenvalue weighted by atomic mass is 32.2. The molecular weight excluding hydrogens is 316 g/mol. The fraction of sp³-hybridized carbons (Fsp3) is 0.562. The van der Waals surface area contributed by atoms with Crippen molar-refractivity contribution in [1.82, 2.24) is 4.90 Å². The molecule has 0 saturated carbocycles. The van der Waals surface area contributed by atoms with Crippen LogP contribution in [0.2, 0.25) is 0 Å². The number of hydrogen-bond donors (Lipinski definition) is 1. The maximum absolute atomic E-state index is 12.5. The number of nitrogens with zero attached hydrogens (tertiary/aromatic N) is 1. The van der Waals surface area contributed by atoms with Gasteiger partial charge in [-0.15, -0.1) is 0 Å². The van der Waals surface area contributed by atoms with Crippen molar-refractivity contribution in [3.8, 4) is 0 Å². The van der Waals surface area contributed by atoms with Gasteiger partial charge in [-0.2, -0.15) is 0 Å². The topological polar surface area (TPSA) is 89.7 Å². The van der Waals surface area contributed by atoms with Crippen molar-refractivity contribution in [1.29, 1.82) is 0 Å². The zero-order valence-corrected chi connectivity index (χ0v) is 14.2. The Kier molecular flexibility index (Phi) is 6.15. The van der Waals surface area contributed by atoms with Gasteiger partial charge in [0.2, 0.25) is 0 Å². The number of carbonyl (C=O) groups excluding carboxylic acids is 1. The van der Waals surface area contributed by atoms with Gasteiger partial charge in [0.1, 0.15) is 0 Å². The third-order valence-corrected chi connectivity index (χ3v) is 5.95. The van der Waals surface area contributed by atoms with Gasteiger partial charge in [-0.3, -0.25) is 4.79 Å². The number of sulfone groups is 1. The van der Waals surface area contributed by atoms with Crippen LogP contribution in [0.4, 0.5) is 0 Å². The average Bonchev–Trinajstić information content (AvgIpc) is 2.59. The van der Waals surface area contributed by atoms with E-state index in [9.17, 15) is 13.2 Å². The fourth-order valence-electron chi connectivity index (χ4n) is 2.67. The molecule has 0 unspecified atom stereocenters. The van der Waals surface area contributed by atoms with Crippen LogP contribution in [0.3, 0.4) is 0 Å². The Hall–Kier alpha value is -1.44. The maximum Gasteiger partial charge on any atom is 0.253 e. The van der Waals surface area contributed by atoms with Crippen molar-refractivity contribution in [3.05, 3.63) is 29.8 Å². The molecule has 6 nitrogen and oxygen atoms in total. The lowest BCUT2D eigenvalue weighted by atomic mass is 9.96. The van der Waals surface area contributed by atoms with Crippen LogP contribution < -0.4 is 5.73 Å². The molecule has 0 radical (unpaired) electrons. The van der Waals surface area contributed by atoms with Crippen molar-refractivity contribution in [2.75, 3.05) is 39.1 Å². The van der Waals surface area contributed by atoms with Crippen LogP contribution in [-0.2, 0) is 14.6 Å². The largest absolute Gasteiger partial charge is 0.384 e. The quantitative estimate of drug-likeness (QED) is 0.831. The number of likely N-dealkylation sites (tertiary alicyclic amines) is 1. The fourth-order valence-corrected chi connectivity index (χ4v) is 3.84. The molecule has 0 atom stereocenters. The second-order valence-electron chi connectivity index (χ2n) is 5.81. The predicted molar refractivity (Wildman–Crippen MR) is 88.1 cm³/mol. The molecular formula is C16H24N2O4S. The summed E-state index contributed by atoms with van der Waals surface area (Å²) in [5, 5.41) is 0. The number of carbonyl (C=O) groups is 1. The lowest BCUT2D eigenvalue weighted by Crippen LogP contribution is -2.40. The molecule has 2 N–H and O–H groups in total. The molecule has 1 heterocycles. The van der Waals surface area contributed by atoms with Crippen molar-refractivity contribution in [2.24, 2.45) is 11.7 Å². The summed E-state index contributed by atoms with van der Waals surface area (Å²) in [5.74, 6) is 0.373. The van der Waals surface area contributed by atoms with Crippen LogP contribution in [0.15, 0.2) is 29.2 Å². The molecule has 1 fully saturated rings. The molecule has 1 aliphatic rings. The highest BCUT2D eigenvalue weighted by Gasteiger charge is 2.23. The van der Waals surface area contributed by atoms with Gasteiger partial charge in [-0.1, -0.05) is 0 Å². The number of benzene rings is 1. The highest BCUT2D eigenvalue weighted by molar-refractivity contribution is 7.91. The minimum Gasteiger partial charge on any atom is -0.384 e. The molecule has 1 aromatic carbocycles. The summed E-state index contributed by atoms with van der Waals surface area (Å²) in [6.45, 7) is 2.22. The normalized spacial score (nSPS) is 16.5. The van der Waals surface area contributed by atoms with Crippen molar-refractivity contribution < 1.29 is 17.9 Å². The van der Waals surface area contributed by atoms with E-state index >= 15 is 0 Å². The van der Waals surface area contributed by atoms with Gasteiger partial charge >= 0.3 is 0 Å². The second kappa shape index (κ2) is 7.90. The number of piperidine rings is 1. The van der Waals surface area contributed by atoms with Crippen LogP contribution in [0, 0.1) is 5.92 Å². The van der Waals surface area contributed by atoms with Crippen LogP contribution in [0.5, 0.6) is 0 Å². The van der Waals surface area contributed by atoms with Crippen molar-refractivity contribution in [3.63, 3.8) is 0 Å². The Bertz CT molecular complexity index is 620. The number of methoxy groups -OCH3 is 1. The average molecular weight is 340 g/mol. The van der Waals surface area contributed by atoms with Crippen LogP contribution >= 0.6 is 0 Å². The molecule has 0 spiro atoms. The standard InChI is InChI=1S/C16H24N2O4S/c1-22-10-11-23(20,21)15-4-2-14(3-5-15)16(19)18-8-6-13(12-17)7-9-18/h2-5,13H,6-12,17H2,1H3. The third-order valence-electron chi connectivity index (χ3n) is 4.25. The molecule has 0 aromatic heterocycles. The molecule has 2 rings (SSSR count). The zero-order valence-electron chi connectivity index (χ0n) is 13.4. The van der Waals surface area contributed by atoms with Gasteiger partial charge in [-0.05, 0) is 49.6 Å². The Morgan fingerprint density at radius 2 is 1.87 bits per heavy atom. The minimum atomic E-state index is -3.36. The van der Waals surface area contributed by atoms with E-state index in [1.807, 2.05) is 0 Å². The Labute approximate surface area is 137 Å². The van der Waals surface area contributed by atoms with E-state index in [4.69, 9.17) is 10.5 Å². The predicted octanol–water partition coefficient (Wildman–Crippen LogP) is 0.918. The monoisotopic (exact) mass is 340 g/mol. The Balaban J connectivity index is 2.03. The molecule has 0 aliphatic carbocycles. The third kappa shape index (κ3) is 4.53.